The SMILES string of the molecule is CC(NC(=O)C(CCCCN)NC(=O)C(N)CCC(=O)O)C(=O)N1CCCC1C(=O)O. The summed E-state index contributed by atoms with van der Waals surface area (Å²) >= 11 is 0. The fraction of sp³-hybridized carbons (Fsp3) is 0.737. The summed E-state index contributed by atoms with van der Waals surface area (Å²) in [6.07, 6.45) is 1.96. The molecule has 3 amide bonds. The fourth-order valence-electron chi connectivity index (χ4n) is 3.36. The second-order valence-electron chi connectivity index (χ2n) is 7.64. The van der Waals surface area contributed by atoms with E-state index in [9.17, 15) is 29.1 Å². The Morgan fingerprint density at radius 3 is 2.32 bits per heavy atom. The summed E-state index contributed by atoms with van der Waals surface area (Å²) in [4.78, 5) is 60.8. The van der Waals surface area contributed by atoms with Crippen LogP contribution >= 0.6 is 0 Å². The van der Waals surface area contributed by atoms with Crippen LogP contribution in [-0.2, 0) is 24.0 Å². The normalized spacial score (nSPS) is 18.7. The number of carbonyl (C=O) groups excluding carboxylic acids is 3. The lowest BCUT2D eigenvalue weighted by Gasteiger charge is -2.27. The standard InChI is InChI=1S/C19H33N5O7/c1-11(18(29)24-10-4-6-14(24)19(30)31)22-17(28)13(5-2-3-9-20)23-16(27)12(21)7-8-15(25)26/h11-14H,2-10,20-21H2,1H3,(H,22,28)(H,23,27)(H,25,26)(H,30,31). The highest BCUT2D eigenvalue weighted by Crippen LogP contribution is 2.18. The Morgan fingerprint density at radius 1 is 1.06 bits per heavy atom. The van der Waals surface area contributed by atoms with Crippen molar-refractivity contribution in [3.63, 3.8) is 0 Å². The Morgan fingerprint density at radius 2 is 1.74 bits per heavy atom. The number of hydrogen-bond acceptors (Lipinski definition) is 7. The molecule has 1 aliphatic heterocycles. The van der Waals surface area contributed by atoms with Crippen LogP contribution in [0.15, 0.2) is 0 Å². The van der Waals surface area contributed by atoms with Crippen LogP contribution in [0.5, 0.6) is 0 Å². The first kappa shape index (κ1) is 26.3. The lowest BCUT2D eigenvalue weighted by molar-refractivity contribution is -0.149. The molecule has 12 nitrogen and oxygen atoms in total. The molecule has 0 aliphatic carbocycles. The lowest BCUT2D eigenvalue weighted by Crippen LogP contribution is -2.56. The van der Waals surface area contributed by atoms with Crippen molar-refractivity contribution < 1.29 is 34.2 Å². The van der Waals surface area contributed by atoms with Crippen molar-refractivity contribution in [2.24, 2.45) is 11.5 Å². The van der Waals surface area contributed by atoms with E-state index in [-0.39, 0.29) is 19.3 Å². The number of carbonyl (C=O) groups is 5. The average Bonchev–Trinajstić information content (AvgIpc) is 3.20. The third-order valence-corrected chi connectivity index (χ3v) is 5.14. The summed E-state index contributed by atoms with van der Waals surface area (Å²) in [5, 5.41) is 23.0. The number of nitrogens with zero attached hydrogens (tertiary/aromatic N) is 1. The van der Waals surface area contributed by atoms with Crippen molar-refractivity contribution in [3.8, 4) is 0 Å². The fourth-order valence-corrected chi connectivity index (χ4v) is 3.36. The van der Waals surface area contributed by atoms with Gasteiger partial charge >= 0.3 is 11.9 Å². The molecule has 1 heterocycles. The van der Waals surface area contributed by atoms with Crippen molar-refractivity contribution in [2.75, 3.05) is 13.1 Å². The lowest BCUT2D eigenvalue weighted by atomic mass is 10.1. The molecule has 1 saturated heterocycles. The highest BCUT2D eigenvalue weighted by Gasteiger charge is 2.36. The Balaban J connectivity index is 2.75. The highest BCUT2D eigenvalue weighted by atomic mass is 16.4. The maximum absolute atomic E-state index is 12.7. The number of unbranched alkanes of at least 4 members (excludes halogenated alkanes) is 1. The van der Waals surface area contributed by atoms with Crippen LogP contribution in [0.3, 0.4) is 0 Å². The third-order valence-electron chi connectivity index (χ3n) is 5.14. The van der Waals surface area contributed by atoms with Crippen LogP contribution in [0.2, 0.25) is 0 Å². The Labute approximate surface area is 180 Å². The molecule has 8 N–H and O–H groups in total. The molecule has 0 bridgehead atoms. The van der Waals surface area contributed by atoms with Gasteiger partial charge < -0.3 is 37.2 Å². The Bertz CT molecular complexity index is 672. The highest BCUT2D eigenvalue weighted by molar-refractivity contribution is 5.94. The summed E-state index contributed by atoms with van der Waals surface area (Å²) in [6.45, 7) is 2.15. The van der Waals surface area contributed by atoms with Gasteiger partial charge in [-0.2, -0.15) is 0 Å². The van der Waals surface area contributed by atoms with Crippen molar-refractivity contribution in [2.45, 2.75) is 76.0 Å². The van der Waals surface area contributed by atoms with Crippen molar-refractivity contribution in [1.82, 2.24) is 15.5 Å². The number of rotatable bonds is 13. The first-order chi connectivity index (χ1) is 14.6. The molecule has 1 rings (SSSR count). The van der Waals surface area contributed by atoms with Crippen molar-refractivity contribution in [3.05, 3.63) is 0 Å². The molecule has 0 aromatic rings. The topological polar surface area (TPSA) is 205 Å². The van der Waals surface area contributed by atoms with E-state index >= 15 is 0 Å². The van der Waals surface area contributed by atoms with E-state index in [2.05, 4.69) is 10.6 Å². The van der Waals surface area contributed by atoms with E-state index in [1.165, 1.54) is 11.8 Å². The second kappa shape index (κ2) is 12.8. The third kappa shape index (κ3) is 8.50. The summed E-state index contributed by atoms with van der Waals surface area (Å²) in [5.41, 5.74) is 11.2. The van der Waals surface area contributed by atoms with E-state index in [1.807, 2.05) is 0 Å². The van der Waals surface area contributed by atoms with Crippen LogP contribution in [-0.4, -0.2) is 82.0 Å². The molecule has 0 aromatic heterocycles. The van der Waals surface area contributed by atoms with E-state index in [0.29, 0.717) is 38.8 Å². The summed E-state index contributed by atoms with van der Waals surface area (Å²) in [5.74, 6) is -3.97. The minimum absolute atomic E-state index is 0.0846. The van der Waals surface area contributed by atoms with Crippen LogP contribution in [0.25, 0.3) is 0 Å². The zero-order valence-corrected chi connectivity index (χ0v) is 17.7. The first-order valence-corrected chi connectivity index (χ1v) is 10.4. The van der Waals surface area contributed by atoms with Gasteiger partial charge in [-0.3, -0.25) is 19.2 Å². The number of nitrogens with two attached hydrogens (primary N) is 2. The number of aliphatic carboxylic acids is 2. The number of amides is 3. The predicted molar refractivity (Wildman–Crippen MR) is 110 cm³/mol. The van der Waals surface area contributed by atoms with E-state index in [4.69, 9.17) is 16.6 Å². The maximum Gasteiger partial charge on any atom is 0.326 e. The van der Waals surface area contributed by atoms with Crippen LogP contribution < -0.4 is 22.1 Å². The van der Waals surface area contributed by atoms with Gasteiger partial charge in [0.1, 0.15) is 18.1 Å². The average molecular weight is 444 g/mol. The molecule has 4 unspecified atom stereocenters. The van der Waals surface area contributed by atoms with Crippen molar-refractivity contribution in [1.29, 1.82) is 0 Å². The minimum atomic E-state index is -1.10. The summed E-state index contributed by atoms with van der Waals surface area (Å²) < 4.78 is 0. The van der Waals surface area contributed by atoms with Crippen LogP contribution in [0.1, 0.15) is 51.9 Å². The summed E-state index contributed by atoms with van der Waals surface area (Å²) in [6, 6.07) is -3.99. The van der Waals surface area contributed by atoms with E-state index in [0.717, 1.165) is 0 Å². The number of carboxylic acids is 2. The minimum Gasteiger partial charge on any atom is -0.481 e. The molecular formula is C19H33N5O7. The van der Waals surface area contributed by atoms with Gasteiger partial charge in [0.25, 0.3) is 0 Å². The molecule has 0 spiro atoms. The molecule has 1 aliphatic rings. The Kier molecular flexibility index (Phi) is 10.9. The zero-order valence-electron chi connectivity index (χ0n) is 17.7. The maximum atomic E-state index is 12.7. The smallest absolute Gasteiger partial charge is 0.326 e. The number of nitrogens with one attached hydrogen (secondary N) is 2. The van der Waals surface area contributed by atoms with Gasteiger partial charge in [-0.25, -0.2) is 4.79 Å². The summed E-state index contributed by atoms with van der Waals surface area (Å²) in [7, 11) is 0. The molecule has 4 atom stereocenters. The van der Waals surface area contributed by atoms with Gasteiger partial charge in [-0.05, 0) is 52.0 Å². The van der Waals surface area contributed by atoms with Crippen molar-refractivity contribution >= 4 is 29.7 Å². The molecule has 31 heavy (non-hydrogen) atoms. The van der Waals surface area contributed by atoms with E-state index < -0.39 is 53.8 Å². The molecule has 0 radical (unpaired) electrons. The van der Waals surface area contributed by atoms with E-state index in [1.54, 1.807) is 0 Å². The Hall–Kier alpha value is -2.73. The zero-order chi connectivity index (χ0) is 23.6. The van der Waals surface area contributed by atoms with Gasteiger partial charge in [-0.15, -0.1) is 0 Å². The molecular weight excluding hydrogens is 410 g/mol. The number of hydrogen-bond donors (Lipinski definition) is 6. The van der Waals surface area contributed by atoms with Gasteiger partial charge in [0.2, 0.25) is 17.7 Å². The largest absolute Gasteiger partial charge is 0.481 e. The van der Waals surface area contributed by atoms with Crippen LogP contribution in [0.4, 0.5) is 0 Å². The van der Waals surface area contributed by atoms with Gasteiger partial charge in [-0.1, -0.05) is 0 Å². The number of likely N-dealkylation sites (tertiary alicyclic amines) is 1. The van der Waals surface area contributed by atoms with Gasteiger partial charge in [0.05, 0.1) is 6.04 Å². The number of carboxylic acid groups (broad SMARTS) is 2. The molecule has 0 saturated carbocycles. The monoisotopic (exact) mass is 443 g/mol. The molecule has 12 heteroatoms. The predicted octanol–water partition coefficient (Wildman–Crippen LogP) is -1.63. The quantitative estimate of drug-likeness (QED) is 0.180. The van der Waals surface area contributed by atoms with Gasteiger partial charge in [0, 0.05) is 13.0 Å². The molecule has 0 aromatic carbocycles. The van der Waals surface area contributed by atoms with Crippen LogP contribution in [0, 0.1) is 0 Å². The van der Waals surface area contributed by atoms with Gasteiger partial charge in [0.15, 0.2) is 0 Å². The molecule has 1 fully saturated rings. The second-order valence-corrected chi connectivity index (χ2v) is 7.64. The first-order valence-electron chi connectivity index (χ1n) is 10.4. The molecule has 176 valence electrons.